The topological polar surface area (TPSA) is 3.24 Å². The zero-order valence-electron chi connectivity index (χ0n) is 11.1. The fourth-order valence-corrected chi connectivity index (χ4v) is 3.00. The molecule has 2 heteroatoms. The quantitative estimate of drug-likeness (QED) is 0.752. The van der Waals surface area contributed by atoms with Gasteiger partial charge in [0.1, 0.15) is 0 Å². The van der Waals surface area contributed by atoms with Gasteiger partial charge in [-0.05, 0) is 42.5 Å². The van der Waals surface area contributed by atoms with Gasteiger partial charge < -0.3 is 4.90 Å². The van der Waals surface area contributed by atoms with Crippen LogP contribution in [0.3, 0.4) is 0 Å². The first-order valence-electron chi connectivity index (χ1n) is 6.74. The van der Waals surface area contributed by atoms with Crippen molar-refractivity contribution in [2.75, 3.05) is 11.7 Å². The van der Waals surface area contributed by atoms with Gasteiger partial charge in [-0.1, -0.05) is 42.5 Å². The minimum Gasteiger partial charge on any atom is -0.340 e. The van der Waals surface area contributed by atoms with Crippen LogP contribution in [0, 0.1) is 6.92 Å². The summed E-state index contributed by atoms with van der Waals surface area (Å²) >= 11 is 0. The second kappa shape index (κ2) is 5.04. The molecule has 1 nitrogen and oxygen atoms in total. The third-order valence-corrected chi connectivity index (χ3v) is 4.02. The van der Waals surface area contributed by atoms with Crippen LogP contribution in [-0.2, 0) is 12.8 Å². The van der Waals surface area contributed by atoms with E-state index in [0.29, 0.717) is 0 Å². The number of hydrogen-bond donors (Lipinski definition) is 0. The van der Waals surface area contributed by atoms with Gasteiger partial charge in [-0.15, -0.1) is 0 Å². The van der Waals surface area contributed by atoms with Gasteiger partial charge in [0.2, 0.25) is 0 Å². The molecule has 0 saturated heterocycles. The van der Waals surface area contributed by atoms with E-state index in [1.54, 1.807) is 0 Å². The molecule has 2 aromatic rings. The first kappa shape index (κ1) is 12.2. The van der Waals surface area contributed by atoms with Crippen LogP contribution >= 0.6 is 0 Å². The highest BCUT2D eigenvalue weighted by atomic mass is 19.1. The van der Waals surface area contributed by atoms with Crippen molar-refractivity contribution in [2.45, 2.75) is 25.8 Å². The van der Waals surface area contributed by atoms with Crippen LogP contribution in [0.4, 0.5) is 10.1 Å². The third-order valence-electron chi connectivity index (χ3n) is 4.02. The molecule has 1 aliphatic rings. The smallest absolute Gasteiger partial charge is 0.162 e. The highest BCUT2D eigenvalue weighted by molar-refractivity contribution is 5.55. The Morgan fingerprint density at radius 3 is 2.16 bits per heavy atom. The molecular formula is C17H18FN. The van der Waals surface area contributed by atoms with E-state index in [2.05, 4.69) is 24.3 Å². The number of anilines is 1. The predicted molar refractivity (Wildman–Crippen MR) is 77.3 cm³/mol. The molecule has 0 atom stereocenters. The number of rotatable bonds is 3. The molecule has 0 N–H and O–H groups in total. The Kier molecular flexibility index (Phi) is 3.24. The second-order valence-electron chi connectivity index (χ2n) is 5.21. The lowest BCUT2D eigenvalue weighted by Crippen LogP contribution is -2.35. The van der Waals surface area contributed by atoms with Gasteiger partial charge in [0.05, 0.1) is 0 Å². The van der Waals surface area contributed by atoms with E-state index in [1.165, 1.54) is 11.1 Å². The molecule has 0 unspecified atom stereocenters. The predicted octanol–water partition coefficient (Wildman–Crippen LogP) is 3.90. The SMILES string of the molecule is Cc1ccccc1N(CF)C1Cc2ccccc2C1. The van der Waals surface area contributed by atoms with Crippen molar-refractivity contribution in [1.29, 1.82) is 0 Å². The average Bonchev–Trinajstić information content (AvgIpc) is 2.85. The number of alkyl halides is 1. The molecule has 0 bridgehead atoms. The Bertz CT molecular complexity index is 554. The molecule has 98 valence electrons. The highest BCUT2D eigenvalue weighted by Gasteiger charge is 2.27. The first-order valence-corrected chi connectivity index (χ1v) is 6.74. The summed E-state index contributed by atoms with van der Waals surface area (Å²) in [6.07, 6.45) is 1.88. The summed E-state index contributed by atoms with van der Waals surface area (Å²) in [7, 11) is 0. The first-order chi connectivity index (χ1) is 9.29. The van der Waals surface area contributed by atoms with E-state index in [-0.39, 0.29) is 6.04 Å². The average molecular weight is 255 g/mol. The zero-order valence-corrected chi connectivity index (χ0v) is 11.1. The number of hydrogen-bond acceptors (Lipinski definition) is 1. The summed E-state index contributed by atoms with van der Waals surface area (Å²) in [5.74, 6) is 0. The Hall–Kier alpha value is -1.83. The number of fused-ring (bicyclic) bond motifs is 1. The Labute approximate surface area is 113 Å². The van der Waals surface area contributed by atoms with Gasteiger partial charge in [-0.2, -0.15) is 0 Å². The van der Waals surface area contributed by atoms with Gasteiger partial charge in [0, 0.05) is 11.7 Å². The van der Waals surface area contributed by atoms with Gasteiger partial charge >= 0.3 is 0 Å². The lowest BCUT2D eigenvalue weighted by Gasteiger charge is -2.29. The van der Waals surface area contributed by atoms with Crippen LogP contribution in [0.2, 0.25) is 0 Å². The van der Waals surface area contributed by atoms with Crippen LogP contribution in [0.1, 0.15) is 16.7 Å². The third kappa shape index (κ3) is 2.23. The molecule has 0 aliphatic heterocycles. The second-order valence-corrected chi connectivity index (χ2v) is 5.21. The van der Waals surface area contributed by atoms with Crippen molar-refractivity contribution in [3.8, 4) is 0 Å². The number of para-hydroxylation sites is 1. The van der Waals surface area contributed by atoms with E-state index >= 15 is 0 Å². The summed E-state index contributed by atoms with van der Waals surface area (Å²) < 4.78 is 13.5. The lowest BCUT2D eigenvalue weighted by atomic mass is 10.1. The van der Waals surface area contributed by atoms with Gasteiger partial charge in [0.25, 0.3) is 0 Å². The molecule has 0 spiro atoms. The van der Waals surface area contributed by atoms with E-state index in [0.717, 1.165) is 24.1 Å². The molecular weight excluding hydrogens is 237 g/mol. The summed E-state index contributed by atoms with van der Waals surface area (Å²) in [6, 6.07) is 16.7. The number of nitrogens with zero attached hydrogens (tertiary/aromatic N) is 1. The summed E-state index contributed by atoms with van der Waals surface area (Å²) in [5, 5.41) is 0. The summed E-state index contributed by atoms with van der Waals surface area (Å²) in [6.45, 7) is 1.61. The van der Waals surface area contributed by atoms with Crippen molar-refractivity contribution in [3.05, 3.63) is 65.2 Å². The maximum absolute atomic E-state index is 13.5. The fraction of sp³-hybridized carbons (Fsp3) is 0.294. The van der Waals surface area contributed by atoms with Gasteiger partial charge in [0.15, 0.2) is 6.80 Å². The molecule has 0 fully saturated rings. The van der Waals surface area contributed by atoms with Gasteiger partial charge in [-0.25, -0.2) is 4.39 Å². The summed E-state index contributed by atoms with van der Waals surface area (Å²) in [4.78, 5) is 1.90. The minimum absolute atomic E-state index is 0.239. The number of halogens is 1. The Morgan fingerprint density at radius 2 is 1.58 bits per heavy atom. The van der Waals surface area contributed by atoms with Crippen LogP contribution in [0.25, 0.3) is 0 Å². The van der Waals surface area contributed by atoms with Gasteiger partial charge in [-0.3, -0.25) is 0 Å². The molecule has 0 radical (unpaired) electrons. The lowest BCUT2D eigenvalue weighted by molar-refractivity contribution is 0.437. The monoisotopic (exact) mass is 255 g/mol. The van der Waals surface area contributed by atoms with Crippen molar-refractivity contribution in [3.63, 3.8) is 0 Å². The van der Waals surface area contributed by atoms with Crippen molar-refractivity contribution in [2.24, 2.45) is 0 Å². The van der Waals surface area contributed by atoms with Crippen LogP contribution in [0.15, 0.2) is 48.5 Å². The van der Waals surface area contributed by atoms with Crippen LogP contribution < -0.4 is 4.90 Å². The number of aryl methyl sites for hydroxylation is 1. The maximum Gasteiger partial charge on any atom is 0.162 e. The molecule has 2 aromatic carbocycles. The highest BCUT2D eigenvalue weighted by Crippen LogP contribution is 2.30. The normalized spacial score (nSPS) is 14.4. The maximum atomic E-state index is 13.5. The standard InChI is InChI=1S/C17H18FN/c1-13-6-2-5-9-17(13)19(12-18)16-10-14-7-3-4-8-15(14)11-16/h2-9,16H,10-12H2,1H3. The van der Waals surface area contributed by atoms with E-state index in [4.69, 9.17) is 0 Å². The molecule has 0 aromatic heterocycles. The van der Waals surface area contributed by atoms with Crippen molar-refractivity contribution in [1.82, 2.24) is 0 Å². The molecule has 0 heterocycles. The molecule has 1 aliphatic carbocycles. The number of benzene rings is 2. The summed E-state index contributed by atoms with van der Waals surface area (Å²) in [5.41, 5.74) is 4.87. The molecule has 19 heavy (non-hydrogen) atoms. The van der Waals surface area contributed by atoms with Crippen molar-refractivity contribution < 1.29 is 4.39 Å². The van der Waals surface area contributed by atoms with E-state index in [1.807, 2.05) is 36.1 Å². The Morgan fingerprint density at radius 1 is 1.00 bits per heavy atom. The minimum atomic E-state index is -0.427. The molecule has 3 rings (SSSR count). The fourth-order valence-electron chi connectivity index (χ4n) is 3.00. The largest absolute Gasteiger partial charge is 0.340 e. The van der Waals surface area contributed by atoms with E-state index < -0.39 is 6.80 Å². The molecule has 0 amide bonds. The Balaban J connectivity index is 1.88. The van der Waals surface area contributed by atoms with E-state index in [9.17, 15) is 4.39 Å². The zero-order chi connectivity index (χ0) is 13.2. The van der Waals surface area contributed by atoms with Crippen LogP contribution in [-0.4, -0.2) is 12.8 Å². The van der Waals surface area contributed by atoms with Crippen LogP contribution in [0.5, 0.6) is 0 Å². The molecule has 0 saturated carbocycles. The van der Waals surface area contributed by atoms with Crippen molar-refractivity contribution >= 4 is 5.69 Å².